The fourth-order valence-electron chi connectivity index (χ4n) is 1.61. The number of sulfonamides is 1. The van der Waals surface area contributed by atoms with Crippen molar-refractivity contribution in [2.45, 2.75) is 17.7 Å². The van der Waals surface area contributed by atoms with Crippen molar-refractivity contribution in [1.29, 1.82) is 0 Å². The van der Waals surface area contributed by atoms with Crippen LogP contribution in [0.15, 0.2) is 29.2 Å². The number of rotatable bonds is 7. The molecule has 0 radical (unpaired) electrons. The number of methoxy groups -OCH3 is 1. The molecule has 1 aliphatic carbocycles. The van der Waals surface area contributed by atoms with E-state index in [2.05, 4.69) is 0 Å². The van der Waals surface area contributed by atoms with Gasteiger partial charge in [-0.05, 0) is 30.9 Å². The summed E-state index contributed by atoms with van der Waals surface area (Å²) in [6.45, 7) is 0.256. The van der Waals surface area contributed by atoms with E-state index in [1.807, 2.05) is 4.72 Å². The molecule has 0 bridgehead atoms. The lowest BCUT2D eigenvalue weighted by Crippen LogP contribution is -2.33. The van der Waals surface area contributed by atoms with Gasteiger partial charge in [-0.25, -0.2) is 13.1 Å². The molecular formula is C13H17NO5S. The van der Waals surface area contributed by atoms with Gasteiger partial charge in [0.2, 0.25) is 0 Å². The Morgan fingerprint density at radius 1 is 1.40 bits per heavy atom. The minimum Gasteiger partial charge on any atom is -0.497 e. The Kier molecular flexibility index (Phi) is 4.61. The summed E-state index contributed by atoms with van der Waals surface area (Å²) >= 11 is 0. The predicted octanol–water partition coefficient (Wildman–Crippen LogP) is 0.927. The second-order valence-electron chi connectivity index (χ2n) is 4.67. The van der Waals surface area contributed by atoms with E-state index in [-0.39, 0.29) is 11.5 Å². The van der Waals surface area contributed by atoms with E-state index in [0.29, 0.717) is 18.3 Å². The van der Waals surface area contributed by atoms with Crippen LogP contribution in [0.5, 0.6) is 5.75 Å². The van der Waals surface area contributed by atoms with Crippen molar-refractivity contribution in [3.05, 3.63) is 24.3 Å². The first-order chi connectivity index (χ1) is 9.51. The van der Waals surface area contributed by atoms with E-state index >= 15 is 0 Å². The number of hydrogen-bond donors (Lipinski definition) is 1. The van der Waals surface area contributed by atoms with E-state index < -0.39 is 15.9 Å². The van der Waals surface area contributed by atoms with E-state index in [0.717, 1.165) is 12.8 Å². The zero-order valence-corrected chi connectivity index (χ0v) is 12.0. The van der Waals surface area contributed by atoms with Crippen molar-refractivity contribution in [1.82, 2.24) is 4.72 Å². The molecule has 1 saturated carbocycles. The topological polar surface area (TPSA) is 81.7 Å². The van der Waals surface area contributed by atoms with E-state index in [9.17, 15) is 13.2 Å². The summed E-state index contributed by atoms with van der Waals surface area (Å²) in [6.07, 6.45) is 2.23. The van der Waals surface area contributed by atoms with Crippen molar-refractivity contribution in [3.8, 4) is 5.75 Å². The second-order valence-corrected chi connectivity index (χ2v) is 6.35. The molecule has 110 valence electrons. The normalized spacial score (nSPS) is 14.8. The lowest BCUT2D eigenvalue weighted by atomic mass is 10.3. The molecule has 1 aromatic rings. The maximum Gasteiger partial charge on any atom is 0.264 e. The first-order valence-corrected chi connectivity index (χ1v) is 7.77. The lowest BCUT2D eigenvalue weighted by molar-refractivity contribution is -0.124. The van der Waals surface area contributed by atoms with Gasteiger partial charge in [-0.2, -0.15) is 0 Å². The van der Waals surface area contributed by atoms with Gasteiger partial charge in [0, 0.05) is 6.07 Å². The summed E-state index contributed by atoms with van der Waals surface area (Å²) in [4.78, 5) is 11.5. The number of hydrogen-bond acceptors (Lipinski definition) is 5. The first kappa shape index (κ1) is 14.8. The average Bonchev–Trinajstić information content (AvgIpc) is 3.22. The van der Waals surface area contributed by atoms with Gasteiger partial charge in [-0.1, -0.05) is 6.07 Å². The van der Waals surface area contributed by atoms with Gasteiger partial charge >= 0.3 is 0 Å². The quantitative estimate of drug-likeness (QED) is 0.810. The SMILES string of the molecule is COc1cccc(S(=O)(=O)NC(=O)COCC2CC2)c1. The van der Waals surface area contributed by atoms with Crippen LogP contribution in [0.2, 0.25) is 0 Å². The third-order valence-corrected chi connectivity index (χ3v) is 4.25. The number of amides is 1. The number of carbonyl (C=O) groups excluding carboxylic acids is 1. The molecule has 1 fully saturated rings. The van der Waals surface area contributed by atoms with Crippen molar-refractivity contribution in [2.75, 3.05) is 20.3 Å². The molecule has 1 N–H and O–H groups in total. The highest BCUT2D eigenvalue weighted by molar-refractivity contribution is 7.90. The Labute approximate surface area is 118 Å². The molecule has 7 heteroatoms. The standard InChI is InChI=1S/C13H17NO5S/c1-18-11-3-2-4-12(7-11)20(16,17)14-13(15)9-19-8-10-5-6-10/h2-4,7,10H,5-6,8-9H2,1H3,(H,14,15). The Morgan fingerprint density at radius 3 is 2.80 bits per heavy atom. The maximum atomic E-state index is 12.0. The minimum absolute atomic E-state index is 0.0209. The third-order valence-electron chi connectivity index (χ3n) is 2.88. The van der Waals surface area contributed by atoms with Crippen molar-refractivity contribution in [2.24, 2.45) is 5.92 Å². The molecule has 1 aromatic carbocycles. The van der Waals surface area contributed by atoms with Gasteiger partial charge in [-0.15, -0.1) is 0 Å². The Morgan fingerprint density at radius 2 is 2.15 bits per heavy atom. The fraction of sp³-hybridized carbons (Fsp3) is 0.462. The predicted molar refractivity (Wildman–Crippen MR) is 71.9 cm³/mol. The monoisotopic (exact) mass is 299 g/mol. The third kappa shape index (κ3) is 4.21. The molecule has 0 heterocycles. The molecule has 20 heavy (non-hydrogen) atoms. The molecule has 0 unspecified atom stereocenters. The van der Waals surface area contributed by atoms with Crippen LogP contribution in [-0.2, 0) is 19.6 Å². The van der Waals surface area contributed by atoms with Crippen LogP contribution in [-0.4, -0.2) is 34.6 Å². The smallest absolute Gasteiger partial charge is 0.264 e. The average molecular weight is 299 g/mol. The lowest BCUT2D eigenvalue weighted by Gasteiger charge is -2.08. The van der Waals surface area contributed by atoms with Gasteiger partial charge in [0.1, 0.15) is 12.4 Å². The molecule has 1 aliphatic rings. The van der Waals surface area contributed by atoms with Crippen LogP contribution in [0.25, 0.3) is 0 Å². The Hall–Kier alpha value is -1.60. The van der Waals surface area contributed by atoms with Crippen LogP contribution >= 0.6 is 0 Å². The summed E-state index contributed by atoms with van der Waals surface area (Å²) in [5.41, 5.74) is 0. The summed E-state index contributed by atoms with van der Waals surface area (Å²) < 4.78 is 36.0. The highest BCUT2D eigenvalue weighted by Crippen LogP contribution is 2.28. The number of ether oxygens (including phenoxy) is 2. The summed E-state index contributed by atoms with van der Waals surface area (Å²) in [5.74, 6) is 0.261. The van der Waals surface area contributed by atoms with E-state index in [1.54, 1.807) is 12.1 Å². The summed E-state index contributed by atoms with van der Waals surface area (Å²) in [5, 5.41) is 0. The van der Waals surface area contributed by atoms with Gasteiger partial charge in [0.25, 0.3) is 15.9 Å². The molecule has 1 amide bonds. The molecule has 0 aliphatic heterocycles. The van der Waals surface area contributed by atoms with Gasteiger partial charge in [-0.3, -0.25) is 4.79 Å². The van der Waals surface area contributed by atoms with Crippen molar-refractivity contribution >= 4 is 15.9 Å². The zero-order valence-electron chi connectivity index (χ0n) is 11.2. The van der Waals surface area contributed by atoms with Gasteiger partial charge < -0.3 is 9.47 Å². The molecule has 0 saturated heterocycles. The van der Waals surface area contributed by atoms with Gasteiger partial charge in [0.15, 0.2) is 0 Å². The van der Waals surface area contributed by atoms with Crippen LogP contribution in [0.4, 0.5) is 0 Å². The maximum absolute atomic E-state index is 12.0. The summed E-state index contributed by atoms with van der Waals surface area (Å²) in [6, 6.07) is 5.91. The second kappa shape index (κ2) is 6.23. The Balaban J connectivity index is 1.92. The molecule has 2 rings (SSSR count). The zero-order chi connectivity index (χ0) is 14.6. The van der Waals surface area contributed by atoms with Crippen molar-refractivity contribution in [3.63, 3.8) is 0 Å². The van der Waals surface area contributed by atoms with Crippen LogP contribution in [0, 0.1) is 5.92 Å². The fourth-order valence-corrected chi connectivity index (χ4v) is 2.61. The van der Waals surface area contributed by atoms with Gasteiger partial charge in [0.05, 0.1) is 18.6 Å². The number of nitrogens with one attached hydrogen (secondary N) is 1. The molecule has 6 nitrogen and oxygen atoms in total. The summed E-state index contributed by atoms with van der Waals surface area (Å²) in [7, 11) is -2.45. The largest absolute Gasteiger partial charge is 0.497 e. The highest BCUT2D eigenvalue weighted by atomic mass is 32.2. The highest BCUT2D eigenvalue weighted by Gasteiger charge is 2.22. The molecule has 0 aromatic heterocycles. The molecule has 0 atom stereocenters. The number of carbonyl (C=O) groups is 1. The van der Waals surface area contributed by atoms with E-state index in [4.69, 9.17) is 9.47 Å². The number of benzene rings is 1. The Bertz CT molecular complexity index is 580. The van der Waals surface area contributed by atoms with Crippen molar-refractivity contribution < 1.29 is 22.7 Å². The van der Waals surface area contributed by atoms with Crippen LogP contribution in [0.3, 0.4) is 0 Å². The van der Waals surface area contributed by atoms with E-state index in [1.165, 1.54) is 19.2 Å². The molecule has 0 spiro atoms. The minimum atomic E-state index is -3.89. The van der Waals surface area contributed by atoms with Crippen LogP contribution in [0.1, 0.15) is 12.8 Å². The molecular weight excluding hydrogens is 282 g/mol. The van der Waals surface area contributed by atoms with Crippen LogP contribution < -0.4 is 9.46 Å². The first-order valence-electron chi connectivity index (χ1n) is 6.29.